The van der Waals surface area contributed by atoms with Gasteiger partial charge in [0.15, 0.2) is 0 Å². The van der Waals surface area contributed by atoms with Crippen molar-refractivity contribution < 1.29 is 5.11 Å². The molecule has 1 unspecified atom stereocenters. The number of rotatable bonds is 3. The van der Waals surface area contributed by atoms with Gasteiger partial charge in [-0.3, -0.25) is 0 Å². The first-order valence-electron chi connectivity index (χ1n) is 6.32. The molecule has 1 N–H and O–H groups in total. The molecule has 92 valence electrons. The third-order valence-electron chi connectivity index (χ3n) is 3.44. The minimum Gasteiger partial charge on any atom is -0.389 e. The Hall–Kier alpha value is -1.28. The number of aryl methyl sites for hydroxylation is 3. The summed E-state index contributed by atoms with van der Waals surface area (Å²) >= 11 is 0. The molecule has 2 heteroatoms. The van der Waals surface area contributed by atoms with Crippen LogP contribution in [-0.2, 0) is 6.54 Å². The highest BCUT2D eigenvalue weighted by molar-refractivity contribution is 5.86. The van der Waals surface area contributed by atoms with Crippen LogP contribution in [0.4, 0.5) is 0 Å². The molecule has 0 fully saturated rings. The first-order chi connectivity index (χ1) is 8.04. The lowest BCUT2D eigenvalue weighted by Crippen LogP contribution is -1.94. The zero-order valence-electron chi connectivity index (χ0n) is 11.1. The lowest BCUT2D eigenvalue weighted by Gasteiger charge is -2.06. The highest BCUT2D eigenvalue weighted by Crippen LogP contribution is 2.29. The normalized spacial score (nSPS) is 13.2. The fraction of sp³-hybridized carbons (Fsp3) is 0.467. The Bertz CT molecular complexity index is 537. The summed E-state index contributed by atoms with van der Waals surface area (Å²) in [6.45, 7) is 9.28. The van der Waals surface area contributed by atoms with E-state index in [0.29, 0.717) is 0 Å². The number of aliphatic hydroxyl groups is 1. The SMILES string of the molecule is CCCn1cc(C(C)O)c2cc(C)c(C)cc21. The van der Waals surface area contributed by atoms with Crippen LogP contribution in [-0.4, -0.2) is 9.67 Å². The van der Waals surface area contributed by atoms with Crippen LogP contribution in [0.2, 0.25) is 0 Å². The Balaban J connectivity index is 2.72. The maximum absolute atomic E-state index is 9.85. The Kier molecular flexibility index (Phi) is 3.25. The van der Waals surface area contributed by atoms with Crippen molar-refractivity contribution in [2.24, 2.45) is 0 Å². The molecule has 0 aliphatic heterocycles. The fourth-order valence-electron chi connectivity index (χ4n) is 2.34. The molecule has 0 spiro atoms. The van der Waals surface area contributed by atoms with Crippen molar-refractivity contribution in [3.8, 4) is 0 Å². The summed E-state index contributed by atoms with van der Waals surface area (Å²) in [6.07, 6.45) is 2.80. The summed E-state index contributed by atoms with van der Waals surface area (Å²) in [5.74, 6) is 0. The van der Waals surface area contributed by atoms with Crippen molar-refractivity contribution in [3.63, 3.8) is 0 Å². The number of aliphatic hydroxyl groups excluding tert-OH is 1. The molecule has 0 aliphatic rings. The minimum atomic E-state index is -0.405. The van der Waals surface area contributed by atoms with Gasteiger partial charge in [-0.15, -0.1) is 0 Å². The predicted octanol–water partition coefficient (Wildman–Crippen LogP) is 3.72. The number of nitrogens with zero attached hydrogens (tertiary/aromatic N) is 1. The van der Waals surface area contributed by atoms with Crippen molar-refractivity contribution in [1.29, 1.82) is 0 Å². The van der Waals surface area contributed by atoms with Gasteiger partial charge in [0.2, 0.25) is 0 Å². The van der Waals surface area contributed by atoms with Gasteiger partial charge in [0.1, 0.15) is 0 Å². The van der Waals surface area contributed by atoms with Gasteiger partial charge in [0, 0.05) is 29.2 Å². The van der Waals surface area contributed by atoms with E-state index in [-0.39, 0.29) is 0 Å². The molecule has 2 aromatic rings. The summed E-state index contributed by atoms with van der Waals surface area (Å²) < 4.78 is 2.25. The standard InChI is InChI=1S/C15H21NO/c1-5-6-16-9-14(12(4)17)13-7-10(2)11(3)8-15(13)16/h7-9,12,17H,5-6H2,1-4H3. The van der Waals surface area contributed by atoms with E-state index in [1.807, 2.05) is 6.92 Å². The summed E-state index contributed by atoms with van der Waals surface area (Å²) in [6, 6.07) is 4.42. The van der Waals surface area contributed by atoms with Crippen LogP contribution in [0.25, 0.3) is 10.9 Å². The van der Waals surface area contributed by atoms with Gasteiger partial charge in [0.05, 0.1) is 6.10 Å². The molecule has 2 rings (SSSR count). The lowest BCUT2D eigenvalue weighted by molar-refractivity contribution is 0.200. The van der Waals surface area contributed by atoms with Gasteiger partial charge in [-0.2, -0.15) is 0 Å². The quantitative estimate of drug-likeness (QED) is 0.855. The van der Waals surface area contributed by atoms with Gasteiger partial charge in [-0.05, 0) is 50.5 Å². The van der Waals surface area contributed by atoms with E-state index < -0.39 is 6.10 Å². The number of fused-ring (bicyclic) bond motifs is 1. The fourth-order valence-corrected chi connectivity index (χ4v) is 2.34. The van der Waals surface area contributed by atoms with Gasteiger partial charge in [0.25, 0.3) is 0 Å². The smallest absolute Gasteiger partial charge is 0.0782 e. The van der Waals surface area contributed by atoms with Crippen LogP contribution in [0, 0.1) is 13.8 Å². The molecule has 0 aliphatic carbocycles. The molecule has 1 atom stereocenters. The molecule has 0 radical (unpaired) electrons. The summed E-state index contributed by atoms with van der Waals surface area (Å²) in [4.78, 5) is 0. The van der Waals surface area contributed by atoms with E-state index in [4.69, 9.17) is 0 Å². The van der Waals surface area contributed by atoms with Gasteiger partial charge >= 0.3 is 0 Å². The number of hydrogen-bond donors (Lipinski definition) is 1. The van der Waals surface area contributed by atoms with E-state index in [1.165, 1.54) is 22.0 Å². The van der Waals surface area contributed by atoms with E-state index in [1.54, 1.807) is 0 Å². The largest absolute Gasteiger partial charge is 0.389 e. The van der Waals surface area contributed by atoms with Gasteiger partial charge in [-0.25, -0.2) is 0 Å². The van der Waals surface area contributed by atoms with E-state index >= 15 is 0 Å². The van der Waals surface area contributed by atoms with Gasteiger partial charge < -0.3 is 9.67 Å². The lowest BCUT2D eigenvalue weighted by atomic mass is 10.0. The van der Waals surface area contributed by atoms with Crippen LogP contribution >= 0.6 is 0 Å². The minimum absolute atomic E-state index is 0.405. The summed E-state index contributed by atoms with van der Waals surface area (Å²) in [7, 11) is 0. The van der Waals surface area contributed by atoms with Crippen molar-refractivity contribution in [2.75, 3.05) is 0 Å². The van der Waals surface area contributed by atoms with Crippen LogP contribution in [0.5, 0.6) is 0 Å². The van der Waals surface area contributed by atoms with E-state index in [0.717, 1.165) is 18.5 Å². The van der Waals surface area contributed by atoms with Crippen molar-refractivity contribution >= 4 is 10.9 Å². The third-order valence-corrected chi connectivity index (χ3v) is 3.44. The second-order valence-corrected chi connectivity index (χ2v) is 4.91. The zero-order valence-corrected chi connectivity index (χ0v) is 11.1. The van der Waals surface area contributed by atoms with Crippen molar-refractivity contribution in [2.45, 2.75) is 46.8 Å². The number of aromatic nitrogens is 1. The molecule has 1 heterocycles. The molecular weight excluding hydrogens is 210 g/mol. The molecule has 2 nitrogen and oxygen atoms in total. The van der Waals surface area contributed by atoms with Crippen LogP contribution in [0.3, 0.4) is 0 Å². The average Bonchev–Trinajstić information content (AvgIpc) is 2.59. The zero-order chi connectivity index (χ0) is 12.6. The Morgan fingerprint density at radius 1 is 1.24 bits per heavy atom. The molecule has 0 saturated heterocycles. The number of benzene rings is 1. The highest BCUT2D eigenvalue weighted by Gasteiger charge is 2.13. The average molecular weight is 231 g/mol. The van der Waals surface area contributed by atoms with Crippen LogP contribution in [0.15, 0.2) is 18.3 Å². The van der Waals surface area contributed by atoms with Crippen molar-refractivity contribution in [1.82, 2.24) is 4.57 Å². The van der Waals surface area contributed by atoms with Crippen molar-refractivity contribution in [3.05, 3.63) is 35.0 Å². The molecular formula is C15H21NO. The second kappa shape index (κ2) is 4.53. The third kappa shape index (κ3) is 2.09. The molecule has 1 aromatic heterocycles. The maximum Gasteiger partial charge on any atom is 0.0782 e. The topological polar surface area (TPSA) is 25.2 Å². The summed E-state index contributed by atoms with van der Waals surface area (Å²) in [5, 5.41) is 11.0. The first-order valence-corrected chi connectivity index (χ1v) is 6.32. The molecule has 0 amide bonds. The van der Waals surface area contributed by atoms with Crippen LogP contribution in [0.1, 0.15) is 43.1 Å². The molecule has 1 aromatic carbocycles. The predicted molar refractivity (Wildman–Crippen MR) is 72.3 cm³/mol. The van der Waals surface area contributed by atoms with E-state index in [9.17, 15) is 5.11 Å². The number of hydrogen-bond acceptors (Lipinski definition) is 1. The Labute approximate surface area is 103 Å². The molecule has 0 saturated carbocycles. The molecule has 0 bridgehead atoms. The van der Waals surface area contributed by atoms with E-state index in [2.05, 4.69) is 43.7 Å². The first kappa shape index (κ1) is 12.2. The maximum atomic E-state index is 9.85. The monoisotopic (exact) mass is 231 g/mol. The van der Waals surface area contributed by atoms with Crippen LogP contribution < -0.4 is 0 Å². The highest BCUT2D eigenvalue weighted by atomic mass is 16.3. The van der Waals surface area contributed by atoms with Gasteiger partial charge in [-0.1, -0.05) is 6.92 Å². The Morgan fingerprint density at radius 2 is 1.88 bits per heavy atom. The summed E-state index contributed by atoms with van der Waals surface area (Å²) in [5.41, 5.74) is 4.88. The molecule has 17 heavy (non-hydrogen) atoms. The second-order valence-electron chi connectivity index (χ2n) is 4.91. The Morgan fingerprint density at radius 3 is 2.47 bits per heavy atom.